The van der Waals surface area contributed by atoms with Crippen molar-refractivity contribution in [2.45, 2.75) is 30.6 Å². The van der Waals surface area contributed by atoms with Crippen molar-refractivity contribution < 1.29 is 28.5 Å². The molecule has 0 aliphatic carbocycles. The third kappa shape index (κ3) is 5.49. The van der Waals surface area contributed by atoms with Crippen molar-refractivity contribution in [2.75, 3.05) is 31.0 Å². The van der Waals surface area contributed by atoms with E-state index in [0.29, 0.717) is 35.9 Å². The highest BCUT2D eigenvalue weighted by molar-refractivity contribution is 8.00. The monoisotopic (exact) mass is 444 g/mol. The third-order valence-corrected chi connectivity index (χ3v) is 5.78. The molecule has 164 valence electrons. The van der Waals surface area contributed by atoms with Gasteiger partial charge in [-0.1, -0.05) is 12.1 Å². The summed E-state index contributed by atoms with van der Waals surface area (Å²) in [6, 6.07) is 12.4. The second-order valence-corrected chi connectivity index (χ2v) is 8.58. The smallest absolute Gasteiger partial charge is 0.252 e. The second kappa shape index (κ2) is 9.17. The second-order valence-electron chi connectivity index (χ2n) is 7.56. The summed E-state index contributed by atoms with van der Waals surface area (Å²) in [5.74, 6) is 0.393. The van der Waals surface area contributed by atoms with E-state index in [1.165, 1.54) is 11.8 Å². The minimum absolute atomic E-state index is 0.159. The average molecular weight is 445 g/mol. The predicted molar refractivity (Wildman–Crippen MR) is 116 cm³/mol. The molecular formula is C22H24N2O6S. The Morgan fingerprint density at radius 3 is 2.74 bits per heavy atom. The van der Waals surface area contributed by atoms with Crippen LogP contribution in [0, 0.1) is 0 Å². The molecule has 2 N–H and O–H groups in total. The van der Waals surface area contributed by atoms with Crippen LogP contribution in [0.3, 0.4) is 0 Å². The zero-order valence-electron chi connectivity index (χ0n) is 17.3. The van der Waals surface area contributed by atoms with Crippen LogP contribution in [0.15, 0.2) is 47.4 Å². The lowest BCUT2D eigenvalue weighted by Crippen LogP contribution is -2.34. The SMILES string of the molecule is CC1(C)OCC(CNC(=O)c2ccccc2SCC(=O)Nc2ccc3c(c2)OCO3)O1. The number of amides is 2. The molecule has 0 aromatic heterocycles. The van der Waals surface area contributed by atoms with Gasteiger partial charge in [-0.2, -0.15) is 0 Å². The quantitative estimate of drug-likeness (QED) is 0.634. The molecule has 0 radical (unpaired) electrons. The standard InChI is InChI=1S/C22H24N2O6S/c1-22(2)29-11-15(30-22)10-23-21(26)16-5-3-4-6-19(16)31-12-20(25)24-14-7-8-17-18(9-14)28-13-27-17/h3-9,15H,10-13H2,1-2H3,(H,23,26)(H,24,25). The fourth-order valence-corrected chi connectivity index (χ4v) is 4.11. The van der Waals surface area contributed by atoms with Crippen LogP contribution in [0.25, 0.3) is 0 Å². The van der Waals surface area contributed by atoms with Gasteiger partial charge >= 0.3 is 0 Å². The molecule has 1 unspecified atom stereocenters. The molecule has 2 heterocycles. The van der Waals surface area contributed by atoms with Crippen LogP contribution < -0.4 is 20.1 Å². The Hall–Kier alpha value is -2.75. The first kappa shape index (κ1) is 21.5. The normalized spacial score (nSPS) is 18.6. The molecule has 1 atom stereocenters. The number of rotatable bonds is 7. The lowest BCUT2D eigenvalue weighted by Gasteiger charge is -2.17. The van der Waals surface area contributed by atoms with E-state index >= 15 is 0 Å². The van der Waals surface area contributed by atoms with Gasteiger partial charge in [-0.3, -0.25) is 9.59 Å². The van der Waals surface area contributed by atoms with Crippen LogP contribution in [0.4, 0.5) is 5.69 Å². The maximum Gasteiger partial charge on any atom is 0.252 e. The minimum Gasteiger partial charge on any atom is -0.454 e. The number of anilines is 1. The van der Waals surface area contributed by atoms with Crippen LogP contribution in [-0.4, -0.2) is 49.4 Å². The molecule has 0 spiro atoms. The maximum atomic E-state index is 12.7. The Morgan fingerprint density at radius 1 is 1.13 bits per heavy atom. The molecule has 1 saturated heterocycles. The molecule has 2 aromatic rings. The summed E-state index contributed by atoms with van der Waals surface area (Å²) in [5, 5.41) is 5.72. The molecule has 2 aliphatic rings. The highest BCUT2D eigenvalue weighted by Gasteiger charge is 2.32. The van der Waals surface area contributed by atoms with Gasteiger partial charge in [-0.05, 0) is 38.1 Å². The number of thioether (sulfide) groups is 1. The lowest BCUT2D eigenvalue weighted by molar-refractivity contribution is -0.137. The van der Waals surface area contributed by atoms with Crippen LogP contribution in [-0.2, 0) is 14.3 Å². The molecule has 4 rings (SSSR count). The third-order valence-electron chi connectivity index (χ3n) is 4.70. The Balaban J connectivity index is 1.31. The summed E-state index contributed by atoms with van der Waals surface area (Å²) < 4.78 is 21.8. The van der Waals surface area contributed by atoms with Crippen LogP contribution in [0.2, 0.25) is 0 Å². The first-order chi connectivity index (χ1) is 14.9. The average Bonchev–Trinajstić information content (AvgIpc) is 3.36. The molecule has 2 amide bonds. The van der Waals surface area contributed by atoms with Crippen molar-refractivity contribution in [3.63, 3.8) is 0 Å². The highest BCUT2D eigenvalue weighted by Crippen LogP contribution is 2.34. The molecule has 31 heavy (non-hydrogen) atoms. The van der Waals surface area contributed by atoms with Crippen molar-refractivity contribution in [1.82, 2.24) is 5.32 Å². The zero-order chi connectivity index (χ0) is 21.8. The van der Waals surface area contributed by atoms with Crippen molar-refractivity contribution in [3.05, 3.63) is 48.0 Å². The van der Waals surface area contributed by atoms with Gasteiger partial charge in [-0.15, -0.1) is 11.8 Å². The maximum absolute atomic E-state index is 12.7. The predicted octanol–water partition coefficient (Wildman–Crippen LogP) is 3.03. The summed E-state index contributed by atoms with van der Waals surface area (Å²) in [7, 11) is 0. The van der Waals surface area contributed by atoms with Gasteiger partial charge in [0.25, 0.3) is 5.91 Å². The molecule has 2 aromatic carbocycles. The molecule has 0 bridgehead atoms. The molecule has 9 heteroatoms. The van der Waals surface area contributed by atoms with Crippen molar-refractivity contribution in [2.24, 2.45) is 0 Å². The number of ether oxygens (including phenoxy) is 4. The number of carbonyl (C=O) groups is 2. The Morgan fingerprint density at radius 2 is 1.94 bits per heavy atom. The molecule has 8 nitrogen and oxygen atoms in total. The number of benzene rings is 2. The molecular weight excluding hydrogens is 420 g/mol. The van der Waals surface area contributed by atoms with E-state index in [9.17, 15) is 9.59 Å². The van der Waals surface area contributed by atoms with E-state index in [0.717, 1.165) is 4.90 Å². The van der Waals surface area contributed by atoms with Gasteiger partial charge in [-0.25, -0.2) is 0 Å². The molecule has 1 fully saturated rings. The van der Waals surface area contributed by atoms with E-state index in [4.69, 9.17) is 18.9 Å². The first-order valence-corrected chi connectivity index (χ1v) is 10.9. The van der Waals surface area contributed by atoms with Gasteiger partial charge in [0.2, 0.25) is 12.7 Å². The molecule has 2 aliphatic heterocycles. The van der Waals surface area contributed by atoms with E-state index in [-0.39, 0.29) is 30.5 Å². The zero-order valence-corrected chi connectivity index (χ0v) is 18.1. The Bertz CT molecular complexity index is 980. The van der Waals surface area contributed by atoms with Gasteiger partial charge < -0.3 is 29.6 Å². The first-order valence-electron chi connectivity index (χ1n) is 9.91. The van der Waals surface area contributed by atoms with Crippen molar-refractivity contribution >= 4 is 29.3 Å². The van der Waals surface area contributed by atoms with Gasteiger partial charge in [0.05, 0.1) is 17.9 Å². The van der Waals surface area contributed by atoms with Gasteiger partial charge in [0, 0.05) is 23.2 Å². The van der Waals surface area contributed by atoms with Crippen LogP contribution in [0.1, 0.15) is 24.2 Å². The Labute approximate surface area is 184 Å². The largest absolute Gasteiger partial charge is 0.454 e. The lowest BCUT2D eigenvalue weighted by atomic mass is 10.2. The van der Waals surface area contributed by atoms with Crippen LogP contribution in [0.5, 0.6) is 11.5 Å². The Kier molecular flexibility index (Phi) is 6.35. The summed E-state index contributed by atoms with van der Waals surface area (Å²) in [6.07, 6.45) is -0.189. The number of nitrogens with one attached hydrogen (secondary N) is 2. The van der Waals surface area contributed by atoms with Crippen molar-refractivity contribution in [3.8, 4) is 11.5 Å². The summed E-state index contributed by atoms with van der Waals surface area (Å²) in [6.45, 7) is 4.65. The van der Waals surface area contributed by atoms with E-state index in [1.54, 1.807) is 30.3 Å². The minimum atomic E-state index is -0.630. The number of carbonyl (C=O) groups excluding carboxylic acids is 2. The van der Waals surface area contributed by atoms with Gasteiger partial charge in [0.1, 0.15) is 6.10 Å². The number of fused-ring (bicyclic) bond motifs is 1. The number of hydrogen-bond donors (Lipinski definition) is 2. The summed E-state index contributed by atoms with van der Waals surface area (Å²) in [4.78, 5) is 25.8. The van der Waals surface area contributed by atoms with Crippen molar-refractivity contribution in [1.29, 1.82) is 0 Å². The fourth-order valence-electron chi connectivity index (χ4n) is 3.26. The summed E-state index contributed by atoms with van der Waals surface area (Å²) in [5.41, 5.74) is 1.14. The van der Waals surface area contributed by atoms with Gasteiger partial charge in [0.15, 0.2) is 17.3 Å². The molecule has 0 saturated carbocycles. The summed E-state index contributed by atoms with van der Waals surface area (Å²) >= 11 is 1.30. The van der Waals surface area contributed by atoms with E-state index in [2.05, 4.69) is 10.6 Å². The highest BCUT2D eigenvalue weighted by atomic mass is 32.2. The topological polar surface area (TPSA) is 95.1 Å². The fraction of sp³-hybridized carbons (Fsp3) is 0.364. The van der Waals surface area contributed by atoms with Crippen LogP contribution >= 0.6 is 11.8 Å². The van der Waals surface area contributed by atoms with E-state index < -0.39 is 5.79 Å². The van der Waals surface area contributed by atoms with E-state index in [1.807, 2.05) is 26.0 Å². The number of hydrogen-bond acceptors (Lipinski definition) is 7.